The van der Waals surface area contributed by atoms with Crippen molar-refractivity contribution in [2.75, 3.05) is 18.1 Å². The molecule has 0 bridgehead atoms. The molecule has 0 saturated heterocycles. The molecule has 3 N–H and O–H groups in total. The van der Waals surface area contributed by atoms with Crippen molar-refractivity contribution < 1.29 is 9.90 Å². The van der Waals surface area contributed by atoms with Gasteiger partial charge in [0.25, 0.3) is 0 Å². The lowest BCUT2D eigenvalue weighted by Crippen LogP contribution is -2.41. The molecule has 4 nitrogen and oxygen atoms in total. The Bertz CT molecular complexity index is 451. The lowest BCUT2D eigenvalue weighted by molar-refractivity contribution is 0.199. The van der Waals surface area contributed by atoms with E-state index >= 15 is 0 Å². The monoisotopic (exact) mass is 310 g/mol. The quantitative estimate of drug-likeness (QED) is 0.718. The summed E-state index contributed by atoms with van der Waals surface area (Å²) in [6.45, 7) is 6.63. The third kappa shape index (κ3) is 5.25. The maximum atomic E-state index is 12.0. The Morgan fingerprint density at radius 1 is 1.38 bits per heavy atom. The predicted octanol–water partition coefficient (Wildman–Crippen LogP) is 3.78. The number of amides is 2. The molecule has 118 valence electrons. The topological polar surface area (TPSA) is 61.4 Å². The van der Waals surface area contributed by atoms with Crippen LogP contribution in [0.3, 0.4) is 0 Å². The van der Waals surface area contributed by atoms with Gasteiger partial charge in [0, 0.05) is 17.0 Å². The molecule has 0 spiro atoms. The third-order valence-electron chi connectivity index (χ3n) is 3.92. The van der Waals surface area contributed by atoms with Crippen molar-refractivity contribution in [2.45, 2.75) is 44.5 Å². The molecule has 21 heavy (non-hydrogen) atoms. The summed E-state index contributed by atoms with van der Waals surface area (Å²) in [7, 11) is 0. The van der Waals surface area contributed by atoms with Gasteiger partial charge in [0.1, 0.15) is 0 Å². The van der Waals surface area contributed by atoms with E-state index in [1.807, 2.05) is 18.2 Å². The minimum atomic E-state index is -0.542. The first-order valence-electron chi connectivity index (χ1n) is 7.34. The maximum absolute atomic E-state index is 12.0. The molecule has 5 heteroatoms. The molecule has 0 heterocycles. The van der Waals surface area contributed by atoms with Crippen LogP contribution < -0.4 is 10.6 Å². The van der Waals surface area contributed by atoms with E-state index in [1.165, 1.54) is 0 Å². The van der Waals surface area contributed by atoms with E-state index < -0.39 is 6.10 Å². The van der Waals surface area contributed by atoms with Crippen molar-refractivity contribution in [3.63, 3.8) is 0 Å². The smallest absolute Gasteiger partial charge is 0.319 e. The molecule has 2 amide bonds. The Morgan fingerprint density at radius 3 is 2.57 bits per heavy atom. The molecule has 0 aliphatic rings. The first-order valence-corrected chi connectivity index (χ1v) is 8.57. The van der Waals surface area contributed by atoms with Gasteiger partial charge < -0.3 is 15.7 Å². The van der Waals surface area contributed by atoms with Crippen LogP contribution >= 0.6 is 11.8 Å². The lowest BCUT2D eigenvalue weighted by atomic mass is 10.0. The van der Waals surface area contributed by atoms with Crippen LogP contribution in [0, 0.1) is 0 Å². The summed E-state index contributed by atoms with van der Waals surface area (Å²) in [5.41, 5.74) is 1.47. The van der Waals surface area contributed by atoms with Crippen LogP contribution in [0.25, 0.3) is 0 Å². The Hall–Kier alpha value is -1.20. The molecule has 1 aromatic carbocycles. The Kier molecular flexibility index (Phi) is 7.05. The number of hydrogen-bond acceptors (Lipinski definition) is 3. The SMILES string of the molecule is CCC(CC)(CNC(=O)Nc1cccc(C(C)O)c1)SC. The second-order valence-corrected chi connectivity index (χ2v) is 6.48. The summed E-state index contributed by atoms with van der Waals surface area (Å²) in [5.74, 6) is 0. The van der Waals surface area contributed by atoms with E-state index in [0.717, 1.165) is 18.4 Å². The molecule has 1 unspecified atom stereocenters. The number of nitrogens with one attached hydrogen (secondary N) is 2. The molecule has 0 aliphatic carbocycles. The van der Waals surface area contributed by atoms with E-state index in [1.54, 1.807) is 24.8 Å². The standard InChI is InChI=1S/C16H26N2O2S/c1-5-16(6-2,21-4)11-17-15(20)18-14-9-7-8-13(10-14)12(3)19/h7-10,12,19H,5-6,11H2,1-4H3,(H2,17,18,20). The summed E-state index contributed by atoms with van der Waals surface area (Å²) >= 11 is 1.80. The van der Waals surface area contributed by atoms with Crippen LogP contribution in [0.4, 0.5) is 10.5 Å². The molecule has 0 saturated carbocycles. The average molecular weight is 310 g/mol. The molecule has 1 rings (SSSR count). The molecule has 0 aliphatic heterocycles. The van der Waals surface area contributed by atoms with Gasteiger partial charge >= 0.3 is 6.03 Å². The van der Waals surface area contributed by atoms with Crippen molar-refractivity contribution in [3.8, 4) is 0 Å². The Labute approximate surface area is 131 Å². The van der Waals surface area contributed by atoms with Crippen molar-refractivity contribution in [3.05, 3.63) is 29.8 Å². The second kappa shape index (κ2) is 8.29. The molecule has 0 radical (unpaired) electrons. The molecular weight excluding hydrogens is 284 g/mol. The van der Waals surface area contributed by atoms with Gasteiger partial charge in [-0.15, -0.1) is 0 Å². The minimum absolute atomic E-state index is 0.0960. The number of thioether (sulfide) groups is 1. The molecular formula is C16H26N2O2S. The number of anilines is 1. The van der Waals surface area contributed by atoms with Gasteiger partial charge in [-0.25, -0.2) is 4.79 Å². The van der Waals surface area contributed by atoms with Crippen LogP contribution in [-0.4, -0.2) is 28.7 Å². The number of carbonyl (C=O) groups is 1. The van der Waals surface area contributed by atoms with E-state index in [-0.39, 0.29) is 10.8 Å². The zero-order chi connectivity index (χ0) is 15.9. The Morgan fingerprint density at radius 2 is 2.05 bits per heavy atom. The lowest BCUT2D eigenvalue weighted by Gasteiger charge is -2.29. The van der Waals surface area contributed by atoms with Crippen molar-refractivity contribution in [2.24, 2.45) is 0 Å². The highest BCUT2D eigenvalue weighted by Crippen LogP contribution is 2.29. The predicted molar refractivity (Wildman–Crippen MR) is 90.9 cm³/mol. The molecule has 1 aromatic rings. The van der Waals surface area contributed by atoms with Crippen LogP contribution in [-0.2, 0) is 0 Å². The third-order valence-corrected chi connectivity index (χ3v) is 5.51. The molecule has 1 atom stereocenters. The summed E-state index contributed by atoms with van der Waals surface area (Å²) in [4.78, 5) is 12.0. The highest BCUT2D eigenvalue weighted by molar-refractivity contribution is 8.00. The summed E-state index contributed by atoms with van der Waals surface area (Å²) in [5, 5.41) is 15.3. The van der Waals surface area contributed by atoms with Gasteiger partial charge in [0.15, 0.2) is 0 Å². The highest BCUT2D eigenvalue weighted by Gasteiger charge is 2.25. The first kappa shape index (κ1) is 17.9. The number of aliphatic hydroxyl groups excluding tert-OH is 1. The van der Waals surface area contributed by atoms with Crippen LogP contribution in [0.5, 0.6) is 0 Å². The van der Waals surface area contributed by atoms with Crippen molar-refractivity contribution in [1.82, 2.24) is 5.32 Å². The maximum Gasteiger partial charge on any atom is 0.319 e. The largest absolute Gasteiger partial charge is 0.389 e. The van der Waals surface area contributed by atoms with Gasteiger partial charge in [0.05, 0.1) is 6.10 Å². The van der Waals surface area contributed by atoms with Crippen molar-refractivity contribution >= 4 is 23.5 Å². The first-order chi connectivity index (χ1) is 9.96. The number of benzene rings is 1. The number of hydrogen-bond donors (Lipinski definition) is 3. The van der Waals surface area contributed by atoms with Gasteiger partial charge in [-0.1, -0.05) is 26.0 Å². The zero-order valence-corrected chi connectivity index (χ0v) is 14.1. The van der Waals surface area contributed by atoms with Crippen LogP contribution in [0.1, 0.15) is 45.3 Å². The van der Waals surface area contributed by atoms with Crippen LogP contribution in [0.2, 0.25) is 0 Å². The van der Waals surface area contributed by atoms with Gasteiger partial charge in [-0.3, -0.25) is 0 Å². The number of urea groups is 1. The number of carbonyl (C=O) groups excluding carboxylic acids is 1. The summed E-state index contributed by atoms with van der Waals surface area (Å²) in [6.07, 6.45) is 3.57. The normalized spacial score (nSPS) is 12.8. The fourth-order valence-electron chi connectivity index (χ4n) is 2.15. The summed E-state index contributed by atoms with van der Waals surface area (Å²) in [6, 6.07) is 7.04. The molecule has 0 aromatic heterocycles. The van der Waals surface area contributed by atoms with Gasteiger partial charge in [-0.05, 0) is 43.7 Å². The zero-order valence-electron chi connectivity index (χ0n) is 13.3. The Balaban J connectivity index is 2.60. The summed E-state index contributed by atoms with van der Waals surface area (Å²) < 4.78 is 0.0960. The number of aliphatic hydroxyl groups is 1. The highest BCUT2D eigenvalue weighted by atomic mass is 32.2. The van der Waals surface area contributed by atoms with E-state index in [4.69, 9.17) is 0 Å². The second-order valence-electron chi connectivity index (χ2n) is 5.20. The minimum Gasteiger partial charge on any atom is -0.389 e. The number of rotatable bonds is 7. The van der Waals surface area contributed by atoms with E-state index in [2.05, 4.69) is 30.7 Å². The van der Waals surface area contributed by atoms with Crippen LogP contribution in [0.15, 0.2) is 24.3 Å². The molecule has 0 fully saturated rings. The van der Waals surface area contributed by atoms with Gasteiger partial charge in [0.2, 0.25) is 0 Å². The van der Waals surface area contributed by atoms with E-state index in [0.29, 0.717) is 12.2 Å². The average Bonchev–Trinajstić information content (AvgIpc) is 2.49. The van der Waals surface area contributed by atoms with E-state index in [9.17, 15) is 9.90 Å². The van der Waals surface area contributed by atoms with Crippen molar-refractivity contribution in [1.29, 1.82) is 0 Å². The fraction of sp³-hybridized carbons (Fsp3) is 0.562. The fourth-order valence-corrected chi connectivity index (χ4v) is 2.95. The van der Waals surface area contributed by atoms with Gasteiger partial charge in [-0.2, -0.15) is 11.8 Å².